The van der Waals surface area contributed by atoms with Crippen molar-refractivity contribution < 1.29 is 14.3 Å². The van der Waals surface area contributed by atoms with Crippen molar-refractivity contribution in [2.75, 3.05) is 24.3 Å². The first kappa shape index (κ1) is 20.1. The van der Waals surface area contributed by atoms with Crippen LogP contribution in [0.2, 0.25) is 0 Å². The monoisotopic (exact) mass is 445 g/mol. The van der Waals surface area contributed by atoms with Crippen molar-refractivity contribution in [3.8, 4) is 28.6 Å². The molecule has 0 aliphatic carbocycles. The Balaban J connectivity index is 1.34. The van der Waals surface area contributed by atoms with Gasteiger partial charge < -0.3 is 14.8 Å². The van der Waals surface area contributed by atoms with Gasteiger partial charge >= 0.3 is 0 Å². The second-order valence-electron chi connectivity index (χ2n) is 6.91. The van der Waals surface area contributed by atoms with Crippen LogP contribution in [0, 0.1) is 0 Å². The van der Waals surface area contributed by atoms with Crippen LogP contribution in [0.5, 0.6) is 11.5 Å². The highest BCUT2D eigenvalue weighted by Gasteiger charge is 2.18. The van der Waals surface area contributed by atoms with Crippen molar-refractivity contribution in [3.63, 3.8) is 0 Å². The molecule has 0 bridgehead atoms. The minimum atomic E-state index is -0.153. The Morgan fingerprint density at radius 1 is 0.969 bits per heavy atom. The third kappa shape index (κ3) is 4.28. The van der Waals surface area contributed by atoms with Crippen LogP contribution in [0.4, 0.5) is 5.69 Å². The largest absolute Gasteiger partial charge is 0.486 e. The Morgan fingerprint density at radius 3 is 2.56 bits per heavy atom. The van der Waals surface area contributed by atoms with Crippen molar-refractivity contribution in [2.45, 2.75) is 5.16 Å². The molecular formula is C23H19N5O3S. The molecule has 0 saturated carbocycles. The van der Waals surface area contributed by atoms with Crippen LogP contribution < -0.4 is 14.8 Å². The van der Waals surface area contributed by atoms with Crippen molar-refractivity contribution in [1.29, 1.82) is 0 Å². The molecule has 8 nitrogen and oxygen atoms in total. The third-order valence-corrected chi connectivity index (χ3v) is 5.67. The summed E-state index contributed by atoms with van der Waals surface area (Å²) in [4.78, 5) is 16.7. The topological polar surface area (TPSA) is 91.2 Å². The van der Waals surface area contributed by atoms with E-state index in [4.69, 9.17) is 9.47 Å². The van der Waals surface area contributed by atoms with E-state index in [-0.39, 0.29) is 11.7 Å². The molecule has 0 spiro atoms. The van der Waals surface area contributed by atoms with Gasteiger partial charge in [-0.2, -0.15) is 0 Å². The maximum absolute atomic E-state index is 12.6. The minimum Gasteiger partial charge on any atom is -0.486 e. The number of hydrogen-bond acceptors (Lipinski definition) is 7. The van der Waals surface area contributed by atoms with Crippen LogP contribution >= 0.6 is 11.8 Å². The summed E-state index contributed by atoms with van der Waals surface area (Å²) in [5.41, 5.74) is 2.46. The zero-order chi connectivity index (χ0) is 21.8. The fraction of sp³-hybridized carbons (Fsp3) is 0.130. The molecule has 0 radical (unpaired) electrons. The fourth-order valence-electron chi connectivity index (χ4n) is 3.31. The van der Waals surface area contributed by atoms with Gasteiger partial charge in [0.2, 0.25) is 5.91 Å². The van der Waals surface area contributed by atoms with E-state index >= 15 is 0 Å². The maximum Gasteiger partial charge on any atom is 0.234 e. The van der Waals surface area contributed by atoms with E-state index in [0.717, 1.165) is 11.3 Å². The molecule has 4 aromatic rings. The lowest BCUT2D eigenvalue weighted by Gasteiger charge is -2.19. The number of thioether (sulfide) groups is 1. The number of pyridine rings is 1. The molecule has 1 N–H and O–H groups in total. The molecule has 0 fully saturated rings. The minimum absolute atomic E-state index is 0.153. The molecule has 2 aromatic heterocycles. The number of hydrogen-bond donors (Lipinski definition) is 1. The van der Waals surface area contributed by atoms with Gasteiger partial charge in [0.15, 0.2) is 22.5 Å². The number of rotatable bonds is 6. The molecule has 32 heavy (non-hydrogen) atoms. The van der Waals surface area contributed by atoms with Crippen LogP contribution in [0.3, 0.4) is 0 Å². The number of amides is 1. The molecule has 1 aliphatic heterocycles. The molecule has 1 amide bonds. The second kappa shape index (κ2) is 9.11. The number of fused-ring (bicyclic) bond motifs is 1. The molecule has 5 rings (SSSR count). The van der Waals surface area contributed by atoms with Gasteiger partial charge in [-0.25, -0.2) is 0 Å². The number of benzene rings is 2. The lowest BCUT2D eigenvalue weighted by molar-refractivity contribution is -0.113. The predicted molar refractivity (Wildman–Crippen MR) is 121 cm³/mol. The van der Waals surface area contributed by atoms with Gasteiger partial charge in [-0.1, -0.05) is 30.0 Å². The second-order valence-corrected chi connectivity index (χ2v) is 7.85. The molecular weight excluding hydrogens is 426 g/mol. The van der Waals surface area contributed by atoms with Gasteiger partial charge in [0.1, 0.15) is 13.2 Å². The lowest BCUT2D eigenvalue weighted by Crippen LogP contribution is -2.17. The predicted octanol–water partition coefficient (Wildman–Crippen LogP) is 3.83. The molecule has 3 heterocycles. The summed E-state index contributed by atoms with van der Waals surface area (Å²) in [6, 6.07) is 18.9. The number of ether oxygens (including phenoxy) is 2. The van der Waals surface area contributed by atoms with Gasteiger partial charge in [0.25, 0.3) is 0 Å². The van der Waals surface area contributed by atoms with Gasteiger partial charge in [0.05, 0.1) is 5.75 Å². The number of para-hydroxylation sites is 1. The van der Waals surface area contributed by atoms with Crippen molar-refractivity contribution in [2.24, 2.45) is 0 Å². The third-order valence-electron chi connectivity index (χ3n) is 4.74. The van der Waals surface area contributed by atoms with Crippen LogP contribution in [-0.2, 0) is 4.79 Å². The first-order valence-electron chi connectivity index (χ1n) is 10.0. The number of carbonyl (C=O) groups is 1. The van der Waals surface area contributed by atoms with Crippen LogP contribution in [0.15, 0.2) is 78.2 Å². The normalized spacial score (nSPS) is 12.4. The molecule has 9 heteroatoms. The summed E-state index contributed by atoms with van der Waals surface area (Å²) in [6.07, 6.45) is 3.43. The zero-order valence-electron chi connectivity index (χ0n) is 17.0. The van der Waals surface area contributed by atoms with Gasteiger partial charge in [-0.3, -0.25) is 14.3 Å². The summed E-state index contributed by atoms with van der Waals surface area (Å²) in [5, 5.41) is 12.2. The fourth-order valence-corrected chi connectivity index (χ4v) is 4.06. The van der Waals surface area contributed by atoms with Crippen LogP contribution in [0.1, 0.15) is 0 Å². The Kier molecular flexibility index (Phi) is 5.71. The number of aromatic nitrogens is 4. The molecule has 160 valence electrons. The van der Waals surface area contributed by atoms with E-state index in [9.17, 15) is 4.79 Å². The zero-order valence-corrected chi connectivity index (χ0v) is 17.8. The number of nitrogens with one attached hydrogen (secondary N) is 1. The van der Waals surface area contributed by atoms with E-state index in [1.807, 2.05) is 47.0 Å². The van der Waals surface area contributed by atoms with E-state index in [1.165, 1.54) is 11.8 Å². The Morgan fingerprint density at radius 2 is 1.75 bits per heavy atom. The molecule has 2 aromatic carbocycles. The highest BCUT2D eigenvalue weighted by atomic mass is 32.2. The summed E-state index contributed by atoms with van der Waals surface area (Å²) in [6.45, 7) is 1.02. The quantitative estimate of drug-likeness (QED) is 0.451. The van der Waals surface area contributed by atoms with E-state index in [1.54, 1.807) is 30.6 Å². The Hall–Kier alpha value is -3.85. The standard InChI is InChI=1S/C23H19N5O3S/c29-21(25-17-6-7-19-20(14-17)31-13-12-30-19)15-32-23-27-26-22(16-8-10-24-11-9-16)28(23)18-4-2-1-3-5-18/h1-11,14H,12-13,15H2,(H,25,29). The maximum atomic E-state index is 12.6. The number of nitrogens with zero attached hydrogens (tertiary/aromatic N) is 4. The summed E-state index contributed by atoms with van der Waals surface area (Å²) in [5.74, 6) is 2.03. The number of anilines is 1. The molecule has 0 atom stereocenters. The van der Waals surface area contributed by atoms with Gasteiger partial charge in [0, 0.05) is 35.4 Å². The Labute approximate surface area is 188 Å². The first-order chi connectivity index (χ1) is 15.8. The summed E-state index contributed by atoms with van der Waals surface area (Å²) >= 11 is 1.32. The van der Waals surface area contributed by atoms with Gasteiger partial charge in [-0.15, -0.1) is 10.2 Å². The molecule has 1 aliphatic rings. The molecule has 0 saturated heterocycles. The van der Waals surface area contributed by atoms with E-state index in [0.29, 0.717) is 41.4 Å². The number of carbonyl (C=O) groups excluding carboxylic acids is 1. The van der Waals surface area contributed by atoms with Crippen LogP contribution in [-0.4, -0.2) is 44.6 Å². The lowest BCUT2D eigenvalue weighted by atomic mass is 10.2. The summed E-state index contributed by atoms with van der Waals surface area (Å²) in [7, 11) is 0. The average Bonchev–Trinajstić information content (AvgIpc) is 3.28. The highest BCUT2D eigenvalue weighted by Crippen LogP contribution is 2.33. The van der Waals surface area contributed by atoms with Gasteiger partial charge in [-0.05, 0) is 36.4 Å². The molecule has 0 unspecified atom stereocenters. The Bertz CT molecular complexity index is 1230. The first-order valence-corrected chi connectivity index (χ1v) is 11.0. The van der Waals surface area contributed by atoms with E-state index < -0.39 is 0 Å². The van der Waals surface area contributed by atoms with E-state index in [2.05, 4.69) is 20.5 Å². The SMILES string of the molecule is O=C(CSc1nnc(-c2ccncc2)n1-c1ccccc1)Nc1ccc2c(c1)OCCO2. The van der Waals surface area contributed by atoms with Crippen molar-refractivity contribution >= 4 is 23.4 Å². The van der Waals surface area contributed by atoms with Crippen molar-refractivity contribution in [3.05, 3.63) is 73.1 Å². The highest BCUT2D eigenvalue weighted by molar-refractivity contribution is 7.99. The average molecular weight is 446 g/mol. The van der Waals surface area contributed by atoms with Crippen LogP contribution in [0.25, 0.3) is 17.1 Å². The summed E-state index contributed by atoms with van der Waals surface area (Å²) < 4.78 is 13.0. The smallest absolute Gasteiger partial charge is 0.234 e. The van der Waals surface area contributed by atoms with Crippen molar-refractivity contribution in [1.82, 2.24) is 19.7 Å².